The van der Waals surface area contributed by atoms with Crippen molar-refractivity contribution in [2.75, 3.05) is 0 Å². The highest BCUT2D eigenvalue weighted by atomic mass is 15.0. The number of rotatable bonds is 2. The molecule has 1 spiro atoms. The van der Waals surface area contributed by atoms with E-state index in [1.165, 1.54) is 77.0 Å². The quantitative estimate of drug-likeness (QED) is 0.735. The zero-order chi connectivity index (χ0) is 13.3. The molecule has 1 nitrogen and oxygen atoms in total. The first-order valence-corrected chi connectivity index (χ1v) is 8.83. The molecule has 19 heavy (non-hydrogen) atoms. The van der Waals surface area contributed by atoms with Gasteiger partial charge in [0.15, 0.2) is 0 Å². The summed E-state index contributed by atoms with van der Waals surface area (Å²) in [4.78, 5) is 0. The van der Waals surface area contributed by atoms with Gasteiger partial charge in [-0.1, -0.05) is 26.7 Å². The summed E-state index contributed by atoms with van der Waals surface area (Å²) in [5, 5.41) is 4.00. The van der Waals surface area contributed by atoms with E-state index >= 15 is 0 Å². The van der Waals surface area contributed by atoms with Gasteiger partial charge >= 0.3 is 0 Å². The predicted octanol–water partition coefficient (Wildman–Crippen LogP) is 5.05. The van der Waals surface area contributed by atoms with Crippen molar-refractivity contribution in [3.05, 3.63) is 0 Å². The van der Waals surface area contributed by atoms with Crippen LogP contribution in [0.2, 0.25) is 0 Å². The summed E-state index contributed by atoms with van der Waals surface area (Å²) in [5.41, 5.74) is 1.41. The Morgan fingerprint density at radius 3 is 1.68 bits per heavy atom. The molecule has 0 bridgehead atoms. The van der Waals surface area contributed by atoms with E-state index in [9.17, 15) is 0 Å². The van der Waals surface area contributed by atoms with E-state index in [0.717, 1.165) is 17.5 Å². The number of nitrogens with one attached hydrogen (secondary N) is 1. The molecule has 0 saturated heterocycles. The maximum absolute atomic E-state index is 4.00. The summed E-state index contributed by atoms with van der Waals surface area (Å²) in [7, 11) is 0. The van der Waals surface area contributed by atoms with Crippen LogP contribution in [0, 0.1) is 10.8 Å². The van der Waals surface area contributed by atoms with E-state index in [-0.39, 0.29) is 0 Å². The molecule has 0 unspecified atom stereocenters. The molecule has 0 aliphatic heterocycles. The summed E-state index contributed by atoms with van der Waals surface area (Å²) in [5.74, 6) is 0. The fourth-order valence-electron chi connectivity index (χ4n) is 4.92. The van der Waals surface area contributed by atoms with Crippen molar-refractivity contribution in [2.24, 2.45) is 10.8 Å². The van der Waals surface area contributed by atoms with Gasteiger partial charge in [0.05, 0.1) is 0 Å². The van der Waals surface area contributed by atoms with E-state index in [1.54, 1.807) is 0 Å². The van der Waals surface area contributed by atoms with Crippen LogP contribution in [0.3, 0.4) is 0 Å². The first-order valence-electron chi connectivity index (χ1n) is 8.83. The van der Waals surface area contributed by atoms with Crippen molar-refractivity contribution in [1.29, 1.82) is 0 Å². The van der Waals surface area contributed by atoms with E-state index < -0.39 is 0 Å². The Morgan fingerprint density at radius 2 is 1.16 bits per heavy atom. The molecule has 3 aliphatic carbocycles. The minimum Gasteiger partial charge on any atom is -0.311 e. The van der Waals surface area contributed by atoms with Crippen molar-refractivity contribution >= 4 is 0 Å². The van der Waals surface area contributed by atoms with Gasteiger partial charge in [0.2, 0.25) is 0 Å². The van der Waals surface area contributed by atoms with Crippen molar-refractivity contribution in [1.82, 2.24) is 5.32 Å². The third kappa shape index (κ3) is 3.35. The van der Waals surface area contributed by atoms with Gasteiger partial charge in [-0.15, -0.1) is 0 Å². The SMILES string of the molecule is CC1(C)CCC(NC2CCC3(CCCC3)CC2)CC1. The molecule has 3 fully saturated rings. The number of hydrogen-bond donors (Lipinski definition) is 1. The monoisotopic (exact) mass is 263 g/mol. The van der Waals surface area contributed by atoms with Crippen LogP contribution in [-0.4, -0.2) is 12.1 Å². The third-order valence-corrected chi connectivity index (χ3v) is 6.52. The van der Waals surface area contributed by atoms with Crippen LogP contribution in [0.15, 0.2) is 0 Å². The van der Waals surface area contributed by atoms with Crippen LogP contribution in [-0.2, 0) is 0 Å². The molecule has 0 aromatic heterocycles. The zero-order valence-corrected chi connectivity index (χ0v) is 13.1. The predicted molar refractivity (Wildman–Crippen MR) is 82.3 cm³/mol. The molecule has 3 aliphatic rings. The molecule has 1 N–H and O–H groups in total. The average molecular weight is 263 g/mol. The smallest absolute Gasteiger partial charge is 0.00700 e. The molecular weight excluding hydrogens is 230 g/mol. The Bertz CT molecular complexity index is 281. The lowest BCUT2D eigenvalue weighted by atomic mass is 9.71. The van der Waals surface area contributed by atoms with Gasteiger partial charge in [0.1, 0.15) is 0 Å². The molecular formula is C18H33N. The van der Waals surface area contributed by atoms with Gasteiger partial charge < -0.3 is 5.32 Å². The third-order valence-electron chi connectivity index (χ3n) is 6.52. The van der Waals surface area contributed by atoms with E-state index in [4.69, 9.17) is 0 Å². The number of hydrogen-bond acceptors (Lipinski definition) is 1. The van der Waals surface area contributed by atoms with Gasteiger partial charge in [-0.25, -0.2) is 0 Å². The fraction of sp³-hybridized carbons (Fsp3) is 1.00. The normalized spacial score (nSPS) is 34.7. The van der Waals surface area contributed by atoms with Gasteiger partial charge in [0.25, 0.3) is 0 Å². The maximum atomic E-state index is 4.00. The summed E-state index contributed by atoms with van der Waals surface area (Å²) in [6, 6.07) is 1.67. The summed E-state index contributed by atoms with van der Waals surface area (Å²) in [6.45, 7) is 4.88. The van der Waals surface area contributed by atoms with Gasteiger partial charge in [0, 0.05) is 12.1 Å². The van der Waals surface area contributed by atoms with E-state index in [1.807, 2.05) is 0 Å². The molecule has 0 atom stereocenters. The molecule has 0 heterocycles. The summed E-state index contributed by atoms with van der Waals surface area (Å²) < 4.78 is 0. The van der Waals surface area contributed by atoms with Crippen molar-refractivity contribution in [3.63, 3.8) is 0 Å². The molecule has 0 aromatic carbocycles. The van der Waals surface area contributed by atoms with Crippen LogP contribution in [0.25, 0.3) is 0 Å². The highest BCUT2D eigenvalue weighted by Gasteiger charge is 2.38. The Kier molecular flexibility index (Phi) is 3.95. The van der Waals surface area contributed by atoms with Crippen LogP contribution in [0.4, 0.5) is 0 Å². The minimum absolute atomic E-state index is 0.610. The highest BCUT2D eigenvalue weighted by Crippen LogP contribution is 2.49. The van der Waals surface area contributed by atoms with Gasteiger partial charge in [-0.05, 0) is 75.0 Å². The van der Waals surface area contributed by atoms with Crippen LogP contribution < -0.4 is 5.32 Å². The Labute approximate surface area is 119 Å². The average Bonchev–Trinajstić information content (AvgIpc) is 2.84. The van der Waals surface area contributed by atoms with Gasteiger partial charge in [-0.2, -0.15) is 0 Å². The lowest BCUT2D eigenvalue weighted by molar-refractivity contribution is 0.143. The lowest BCUT2D eigenvalue weighted by Gasteiger charge is -2.41. The fourth-order valence-corrected chi connectivity index (χ4v) is 4.92. The van der Waals surface area contributed by atoms with Crippen LogP contribution in [0.5, 0.6) is 0 Å². The van der Waals surface area contributed by atoms with Crippen LogP contribution >= 0.6 is 0 Å². The molecule has 0 amide bonds. The van der Waals surface area contributed by atoms with Gasteiger partial charge in [-0.3, -0.25) is 0 Å². The molecule has 110 valence electrons. The summed E-state index contributed by atoms with van der Waals surface area (Å²) >= 11 is 0. The second-order valence-electron chi connectivity index (χ2n) is 8.59. The lowest BCUT2D eigenvalue weighted by Crippen LogP contribution is -2.44. The Balaban J connectivity index is 1.43. The second kappa shape index (κ2) is 5.39. The van der Waals surface area contributed by atoms with Crippen molar-refractivity contribution in [3.8, 4) is 0 Å². The molecule has 3 rings (SSSR count). The highest BCUT2D eigenvalue weighted by molar-refractivity contribution is 4.93. The first-order chi connectivity index (χ1) is 9.07. The Hall–Kier alpha value is -0.0400. The topological polar surface area (TPSA) is 12.0 Å². The largest absolute Gasteiger partial charge is 0.311 e. The first kappa shape index (κ1) is 13.9. The Morgan fingerprint density at radius 1 is 0.684 bits per heavy atom. The second-order valence-corrected chi connectivity index (χ2v) is 8.59. The maximum Gasteiger partial charge on any atom is 0.00700 e. The minimum atomic E-state index is 0.610. The van der Waals surface area contributed by atoms with E-state index in [0.29, 0.717) is 5.41 Å². The molecule has 1 heteroatoms. The summed E-state index contributed by atoms with van der Waals surface area (Å²) in [6.07, 6.45) is 17.7. The standard InChI is InChI=1S/C18H33N/c1-17(2)11-5-15(6-12-17)19-16-7-13-18(14-8-16)9-3-4-10-18/h15-16,19H,3-14H2,1-2H3. The van der Waals surface area contributed by atoms with Crippen LogP contribution in [0.1, 0.15) is 90.9 Å². The molecule has 3 saturated carbocycles. The van der Waals surface area contributed by atoms with Crippen molar-refractivity contribution < 1.29 is 0 Å². The molecule has 0 radical (unpaired) electrons. The van der Waals surface area contributed by atoms with Crippen molar-refractivity contribution in [2.45, 2.75) is 103 Å². The zero-order valence-electron chi connectivity index (χ0n) is 13.1. The molecule has 0 aromatic rings. The van der Waals surface area contributed by atoms with E-state index in [2.05, 4.69) is 19.2 Å².